The summed E-state index contributed by atoms with van der Waals surface area (Å²) in [4.78, 5) is 6.00. The van der Waals surface area contributed by atoms with Crippen LogP contribution < -0.4 is 0 Å². The van der Waals surface area contributed by atoms with Crippen molar-refractivity contribution >= 4 is 10.0 Å². The summed E-state index contributed by atoms with van der Waals surface area (Å²) in [6.45, 7) is 5.07. The summed E-state index contributed by atoms with van der Waals surface area (Å²) < 4.78 is 103. The van der Waals surface area contributed by atoms with Crippen LogP contribution in [0.15, 0.2) is 36.5 Å². The van der Waals surface area contributed by atoms with Crippen molar-refractivity contribution in [1.82, 2.24) is 14.2 Å². The zero-order valence-corrected chi connectivity index (χ0v) is 20.3. The van der Waals surface area contributed by atoms with Crippen molar-refractivity contribution in [3.8, 4) is 11.3 Å². The molecule has 0 bridgehead atoms. The largest absolute Gasteiger partial charge is 0.430 e. The van der Waals surface area contributed by atoms with Crippen LogP contribution in [0.1, 0.15) is 23.6 Å². The Kier molecular flexibility index (Phi) is 6.47. The number of alkyl halides is 6. The van der Waals surface area contributed by atoms with Gasteiger partial charge < -0.3 is 5.11 Å². The number of benzene rings is 1. The molecule has 1 spiro atoms. The number of halogens is 6. The first-order chi connectivity index (χ1) is 16.5. The molecule has 3 heterocycles. The van der Waals surface area contributed by atoms with Gasteiger partial charge in [-0.1, -0.05) is 31.2 Å². The second-order valence-electron chi connectivity index (χ2n) is 9.66. The summed E-state index contributed by atoms with van der Waals surface area (Å²) in [7, 11) is -3.17. The highest BCUT2D eigenvalue weighted by Gasteiger charge is 2.71. The van der Waals surface area contributed by atoms with Gasteiger partial charge in [-0.05, 0) is 23.6 Å². The summed E-state index contributed by atoms with van der Waals surface area (Å²) in [6, 6.07) is 7.09. The third-order valence-corrected chi connectivity index (χ3v) is 8.04. The molecule has 13 heteroatoms. The van der Waals surface area contributed by atoms with Gasteiger partial charge in [0.2, 0.25) is 10.0 Å². The van der Waals surface area contributed by atoms with Gasteiger partial charge in [0.25, 0.3) is 5.60 Å². The molecule has 1 aromatic heterocycles. The van der Waals surface area contributed by atoms with E-state index in [1.807, 2.05) is 19.1 Å². The quantitative estimate of drug-likeness (QED) is 0.569. The molecule has 2 aliphatic rings. The first kappa shape index (κ1) is 26.8. The first-order valence-corrected chi connectivity index (χ1v) is 13.0. The Morgan fingerprint density at radius 3 is 2.08 bits per heavy atom. The molecule has 36 heavy (non-hydrogen) atoms. The normalized spacial score (nSPS) is 19.2. The zero-order chi connectivity index (χ0) is 26.7. The maximum Gasteiger partial charge on any atom is 0.430 e. The maximum atomic E-state index is 13.1. The third kappa shape index (κ3) is 4.61. The molecule has 0 saturated carbocycles. The van der Waals surface area contributed by atoms with Gasteiger partial charge >= 0.3 is 12.4 Å². The molecule has 1 aromatic carbocycles. The van der Waals surface area contributed by atoms with Crippen molar-refractivity contribution in [3.05, 3.63) is 53.2 Å². The minimum absolute atomic E-state index is 0.00295. The van der Waals surface area contributed by atoms with Gasteiger partial charge in [0.15, 0.2) is 0 Å². The predicted molar refractivity (Wildman–Crippen MR) is 119 cm³/mol. The number of pyridine rings is 1. The van der Waals surface area contributed by atoms with Gasteiger partial charge in [-0.3, -0.25) is 9.88 Å². The van der Waals surface area contributed by atoms with E-state index in [9.17, 15) is 39.9 Å². The highest BCUT2D eigenvalue weighted by atomic mass is 32.2. The molecule has 2 saturated heterocycles. The van der Waals surface area contributed by atoms with E-state index in [-0.39, 0.29) is 11.1 Å². The fourth-order valence-electron chi connectivity index (χ4n) is 4.95. The summed E-state index contributed by atoms with van der Waals surface area (Å²) in [5, 5.41) is 9.55. The van der Waals surface area contributed by atoms with Gasteiger partial charge in [-0.15, -0.1) is 0 Å². The summed E-state index contributed by atoms with van der Waals surface area (Å²) in [6.07, 6.45) is -9.79. The van der Waals surface area contributed by atoms with Gasteiger partial charge in [0.1, 0.15) is 0 Å². The molecule has 0 unspecified atom stereocenters. The zero-order valence-electron chi connectivity index (χ0n) is 19.5. The van der Waals surface area contributed by atoms with Crippen LogP contribution in [0.2, 0.25) is 0 Å². The van der Waals surface area contributed by atoms with Crippen molar-refractivity contribution in [2.45, 2.75) is 37.8 Å². The molecule has 1 N–H and O–H groups in total. The van der Waals surface area contributed by atoms with E-state index in [4.69, 9.17) is 0 Å². The Morgan fingerprint density at radius 1 is 1.00 bits per heavy atom. The van der Waals surface area contributed by atoms with E-state index in [0.29, 0.717) is 43.9 Å². The molecular formula is C23H25F6N3O3S. The van der Waals surface area contributed by atoms with Crippen molar-refractivity contribution in [1.29, 1.82) is 0 Å². The topological polar surface area (TPSA) is 73.7 Å². The summed E-state index contributed by atoms with van der Waals surface area (Å²) in [5.41, 5.74) is -3.88. The van der Waals surface area contributed by atoms with Crippen LogP contribution in [-0.2, 0) is 28.6 Å². The van der Waals surface area contributed by atoms with Gasteiger partial charge in [-0.25, -0.2) is 12.7 Å². The Bertz CT molecular complexity index is 1220. The minimum Gasteiger partial charge on any atom is -0.369 e. The molecule has 2 aromatic rings. The maximum absolute atomic E-state index is 13.1. The van der Waals surface area contributed by atoms with Crippen LogP contribution in [0, 0.1) is 5.41 Å². The number of nitrogens with zero attached hydrogens (tertiary/aromatic N) is 3. The minimum atomic E-state index is -5.97. The Balaban J connectivity index is 1.48. The fourth-order valence-corrected chi connectivity index (χ4v) is 5.97. The Morgan fingerprint density at radius 2 is 1.61 bits per heavy atom. The lowest BCUT2D eigenvalue weighted by Crippen LogP contribution is -2.72. The van der Waals surface area contributed by atoms with E-state index >= 15 is 0 Å². The fraction of sp³-hybridized carbons (Fsp3) is 0.522. The van der Waals surface area contributed by atoms with Crippen LogP contribution >= 0.6 is 0 Å². The Labute approximate surface area is 204 Å². The van der Waals surface area contributed by atoms with Gasteiger partial charge in [-0.2, -0.15) is 26.3 Å². The summed E-state index contributed by atoms with van der Waals surface area (Å²) >= 11 is 0. The molecule has 4 rings (SSSR count). The van der Waals surface area contributed by atoms with Crippen molar-refractivity contribution < 1.29 is 39.9 Å². The van der Waals surface area contributed by atoms with Crippen LogP contribution in [0.4, 0.5) is 26.3 Å². The average Bonchev–Trinajstić information content (AvgIpc) is 2.71. The van der Waals surface area contributed by atoms with Crippen LogP contribution in [0.25, 0.3) is 11.3 Å². The molecule has 0 aliphatic carbocycles. The number of aryl methyl sites for hydroxylation is 1. The smallest absolute Gasteiger partial charge is 0.369 e. The molecule has 198 valence electrons. The highest BCUT2D eigenvalue weighted by molar-refractivity contribution is 7.88. The number of sulfonamides is 1. The number of aromatic nitrogens is 1. The summed E-state index contributed by atoms with van der Waals surface area (Å²) in [5.74, 6) is 0. The molecule has 0 amide bonds. The van der Waals surface area contributed by atoms with Crippen molar-refractivity contribution in [2.75, 3.05) is 32.4 Å². The SMILES string of the molecule is CCc1cc(CN2CC3(C2)CN(S(C)(=O)=O)C3)ccc1-c1ccc(C(O)(C(F)(F)F)C(F)(F)F)cn1. The molecule has 0 radical (unpaired) electrons. The van der Waals surface area contributed by atoms with Gasteiger partial charge in [0.05, 0.1) is 11.9 Å². The van der Waals surface area contributed by atoms with E-state index in [2.05, 4.69) is 9.88 Å². The highest BCUT2D eigenvalue weighted by Crippen LogP contribution is 2.50. The van der Waals surface area contributed by atoms with E-state index in [1.54, 1.807) is 6.07 Å². The first-order valence-electron chi connectivity index (χ1n) is 11.1. The van der Waals surface area contributed by atoms with E-state index in [0.717, 1.165) is 30.3 Å². The molecule has 2 aliphatic heterocycles. The van der Waals surface area contributed by atoms with Crippen LogP contribution in [0.5, 0.6) is 0 Å². The third-order valence-electron chi connectivity index (χ3n) is 6.85. The molecule has 0 atom stereocenters. The lowest BCUT2D eigenvalue weighted by atomic mass is 9.74. The van der Waals surface area contributed by atoms with Crippen molar-refractivity contribution in [3.63, 3.8) is 0 Å². The Hall–Kier alpha value is -2.22. The standard InChI is InChI=1S/C23H25F6N3O3S/c1-3-16-8-15(10-31-11-20(12-31)13-32(14-20)36(2,34)35)4-6-18(16)19-7-5-17(9-30-19)21(33,22(24,25)26)23(27,28)29/h4-9,33H,3,10-14H2,1-2H3. The average molecular weight is 538 g/mol. The predicted octanol–water partition coefficient (Wildman–Crippen LogP) is 3.70. The lowest BCUT2D eigenvalue weighted by Gasteiger charge is -2.59. The van der Waals surface area contributed by atoms with Crippen LogP contribution in [-0.4, -0.2) is 72.5 Å². The number of rotatable bonds is 6. The molecule has 2 fully saturated rings. The van der Waals surface area contributed by atoms with Crippen molar-refractivity contribution in [2.24, 2.45) is 5.41 Å². The second kappa shape index (κ2) is 8.67. The van der Waals surface area contributed by atoms with E-state index < -0.39 is 33.5 Å². The number of likely N-dealkylation sites (tertiary alicyclic amines) is 1. The number of hydrogen-bond acceptors (Lipinski definition) is 5. The lowest BCUT2D eigenvalue weighted by molar-refractivity contribution is -0.376. The van der Waals surface area contributed by atoms with Crippen LogP contribution in [0.3, 0.4) is 0 Å². The number of aliphatic hydroxyl groups is 1. The second-order valence-corrected chi connectivity index (χ2v) is 11.6. The van der Waals surface area contributed by atoms with E-state index in [1.165, 1.54) is 10.6 Å². The van der Waals surface area contributed by atoms with Gasteiger partial charge in [0, 0.05) is 55.5 Å². The molecule has 6 nitrogen and oxygen atoms in total. The molecular weight excluding hydrogens is 512 g/mol. The monoisotopic (exact) mass is 537 g/mol. The number of hydrogen-bond donors (Lipinski definition) is 1.